The van der Waals surface area contributed by atoms with Crippen LogP contribution in [0.25, 0.3) is 10.8 Å². The molecule has 19 heavy (non-hydrogen) atoms. The van der Waals surface area contributed by atoms with E-state index in [4.69, 9.17) is 16.0 Å². The SMILES string of the molecule is Clc1ccc(-c2nnc(SCc3ccccc3)o2)s1. The van der Waals surface area contributed by atoms with Crippen molar-refractivity contribution in [3.05, 3.63) is 52.4 Å². The fourth-order valence-electron chi connectivity index (χ4n) is 1.52. The average Bonchev–Trinajstić information content (AvgIpc) is 3.06. The minimum atomic E-state index is 0.521. The molecule has 0 saturated heterocycles. The molecule has 6 heteroatoms. The number of thiophene rings is 1. The first-order chi connectivity index (χ1) is 9.31. The molecular formula is C13H9ClN2OS2. The molecule has 3 aromatic rings. The largest absolute Gasteiger partial charge is 0.410 e. The Hall–Kier alpha value is -1.30. The summed E-state index contributed by atoms with van der Waals surface area (Å²) >= 11 is 8.84. The van der Waals surface area contributed by atoms with E-state index in [9.17, 15) is 0 Å². The highest BCUT2D eigenvalue weighted by Crippen LogP contribution is 2.32. The van der Waals surface area contributed by atoms with Crippen LogP contribution in [0, 0.1) is 0 Å². The molecule has 0 unspecified atom stereocenters. The topological polar surface area (TPSA) is 38.9 Å². The molecule has 0 bridgehead atoms. The number of halogens is 1. The molecule has 0 atom stereocenters. The number of hydrogen-bond acceptors (Lipinski definition) is 5. The summed E-state index contributed by atoms with van der Waals surface area (Å²) in [5, 5.41) is 8.63. The first kappa shape index (κ1) is 12.7. The number of aromatic nitrogens is 2. The van der Waals surface area contributed by atoms with Crippen LogP contribution in [0.4, 0.5) is 0 Å². The van der Waals surface area contributed by atoms with Crippen LogP contribution in [-0.4, -0.2) is 10.2 Å². The molecule has 0 aliphatic heterocycles. The van der Waals surface area contributed by atoms with Gasteiger partial charge in [0.1, 0.15) is 0 Å². The first-order valence-corrected chi connectivity index (χ1v) is 7.75. The van der Waals surface area contributed by atoms with Gasteiger partial charge in [0.05, 0.1) is 9.21 Å². The Morgan fingerprint density at radius 1 is 1.11 bits per heavy atom. The van der Waals surface area contributed by atoms with Crippen molar-refractivity contribution in [3.63, 3.8) is 0 Å². The third kappa shape index (κ3) is 3.18. The van der Waals surface area contributed by atoms with Gasteiger partial charge in [0.15, 0.2) is 0 Å². The second kappa shape index (κ2) is 5.77. The highest BCUT2D eigenvalue weighted by atomic mass is 35.5. The normalized spacial score (nSPS) is 10.8. The maximum Gasteiger partial charge on any atom is 0.277 e. The average molecular weight is 309 g/mol. The van der Waals surface area contributed by atoms with Crippen LogP contribution in [0.15, 0.2) is 52.1 Å². The van der Waals surface area contributed by atoms with Crippen LogP contribution < -0.4 is 0 Å². The fourth-order valence-corrected chi connectivity index (χ4v) is 3.20. The van der Waals surface area contributed by atoms with Crippen molar-refractivity contribution in [2.75, 3.05) is 0 Å². The first-order valence-electron chi connectivity index (χ1n) is 5.57. The lowest BCUT2D eigenvalue weighted by Crippen LogP contribution is -1.79. The molecule has 0 amide bonds. The summed E-state index contributed by atoms with van der Waals surface area (Å²) in [6, 6.07) is 13.9. The van der Waals surface area contributed by atoms with Crippen molar-refractivity contribution in [2.45, 2.75) is 11.0 Å². The standard InChI is InChI=1S/C13H9ClN2OS2/c14-11-7-6-10(19-11)12-15-16-13(17-12)18-8-9-4-2-1-3-5-9/h1-7H,8H2. The Morgan fingerprint density at radius 2 is 1.95 bits per heavy atom. The van der Waals surface area contributed by atoms with E-state index in [0.717, 1.165) is 10.6 Å². The van der Waals surface area contributed by atoms with E-state index in [0.29, 0.717) is 15.4 Å². The molecule has 0 saturated carbocycles. The van der Waals surface area contributed by atoms with Crippen molar-refractivity contribution >= 4 is 34.7 Å². The summed E-state index contributed by atoms with van der Waals surface area (Å²) in [5.74, 6) is 1.33. The maximum absolute atomic E-state index is 5.88. The molecular weight excluding hydrogens is 300 g/mol. The summed E-state index contributed by atoms with van der Waals surface area (Å²) in [5.41, 5.74) is 1.23. The van der Waals surface area contributed by atoms with E-state index >= 15 is 0 Å². The quantitative estimate of drug-likeness (QED) is 0.652. The smallest absolute Gasteiger partial charge is 0.277 e. The predicted octanol–water partition coefficient (Wildman–Crippen LogP) is 4.74. The minimum absolute atomic E-state index is 0.521. The fraction of sp³-hybridized carbons (Fsp3) is 0.0769. The number of benzene rings is 1. The number of rotatable bonds is 4. The summed E-state index contributed by atoms with van der Waals surface area (Å²) in [7, 11) is 0. The van der Waals surface area contributed by atoms with E-state index < -0.39 is 0 Å². The Labute approximate surface area is 123 Å². The Kier molecular flexibility index (Phi) is 3.87. The second-order valence-corrected chi connectivity index (χ2v) is 6.39. The van der Waals surface area contributed by atoms with Crippen LogP contribution in [0.3, 0.4) is 0 Å². The van der Waals surface area contributed by atoms with Gasteiger partial charge in [-0.05, 0) is 17.7 Å². The number of thioether (sulfide) groups is 1. The van der Waals surface area contributed by atoms with E-state index in [1.54, 1.807) is 0 Å². The van der Waals surface area contributed by atoms with Gasteiger partial charge < -0.3 is 4.42 Å². The molecule has 0 fully saturated rings. The molecule has 3 rings (SSSR count). The van der Waals surface area contributed by atoms with E-state index in [2.05, 4.69) is 22.3 Å². The molecule has 96 valence electrons. The predicted molar refractivity (Wildman–Crippen MR) is 78.6 cm³/mol. The third-order valence-corrected chi connectivity index (χ3v) is 4.50. The van der Waals surface area contributed by atoms with Crippen molar-refractivity contribution in [3.8, 4) is 10.8 Å². The third-order valence-electron chi connectivity index (χ3n) is 2.40. The zero-order chi connectivity index (χ0) is 13.1. The Balaban J connectivity index is 1.68. The van der Waals surface area contributed by atoms with Crippen molar-refractivity contribution in [2.24, 2.45) is 0 Å². The molecule has 0 N–H and O–H groups in total. The van der Waals surface area contributed by atoms with E-state index in [1.165, 1.54) is 28.7 Å². The lowest BCUT2D eigenvalue weighted by Gasteiger charge is -1.96. The van der Waals surface area contributed by atoms with Crippen LogP contribution >= 0.6 is 34.7 Å². The highest BCUT2D eigenvalue weighted by molar-refractivity contribution is 7.98. The second-order valence-electron chi connectivity index (χ2n) is 3.75. The van der Waals surface area contributed by atoms with Crippen molar-refractivity contribution in [1.82, 2.24) is 10.2 Å². The van der Waals surface area contributed by atoms with Gasteiger partial charge in [-0.25, -0.2) is 0 Å². The minimum Gasteiger partial charge on any atom is -0.410 e. The molecule has 0 aliphatic rings. The van der Waals surface area contributed by atoms with Gasteiger partial charge in [0, 0.05) is 5.75 Å². The van der Waals surface area contributed by atoms with Gasteiger partial charge >= 0.3 is 0 Å². The van der Waals surface area contributed by atoms with Crippen molar-refractivity contribution < 1.29 is 4.42 Å². The van der Waals surface area contributed by atoms with Gasteiger partial charge in [0.25, 0.3) is 11.1 Å². The summed E-state index contributed by atoms with van der Waals surface area (Å²) in [6.07, 6.45) is 0. The maximum atomic E-state index is 5.88. The van der Waals surface area contributed by atoms with Gasteiger partial charge in [-0.2, -0.15) is 0 Å². The molecule has 1 aromatic carbocycles. The van der Waals surface area contributed by atoms with Gasteiger partial charge in [0.2, 0.25) is 0 Å². The highest BCUT2D eigenvalue weighted by Gasteiger charge is 2.11. The zero-order valence-electron chi connectivity index (χ0n) is 9.75. The molecule has 0 spiro atoms. The number of hydrogen-bond donors (Lipinski definition) is 0. The summed E-state index contributed by atoms with van der Waals surface area (Å²) in [6.45, 7) is 0. The number of nitrogens with zero attached hydrogens (tertiary/aromatic N) is 2. The Morgan fingerprint density at radius 3 is 2.68 bits per heavy atom. The van der Waals surface area contributed by atoms with Gasteiger partial charge in [-0.1, -0.05) is 53.7 Å². The Bertz CT molecular complexity index is 666. The molecule has 3 nitrogen and oxygen atoms in total. The molecule has 0 aliphatic carbocycles. The lowest BCUT2D eigenvalue weighted by atomic mass is 10.2. The monoisotopic (exact) mass is 308 g/mol. The van der Waals surface area contributed by atoms with Crippen LogP contribution in [0.5, 0.6) is 0 Å². The van der Waals surface area contributed by atoms with E-state index in [1.807, 2.05) is 30.3 Å². The van der Waals surface area contributed by atoms with Crippen LogP contribution in [0.2, 0.25) is 4.34 Å². The van der Waals surface area contributed by atoms with Crippen molar-refractivity contribution in [1.29, 1.82) is 0 Å². The molecule has 2 heterocycles. The van der Waals surface area contributed by atoms with E-state index in [-0.39, 0.29) is 0 Å². The van der Waals surface area contributed by atoms with Gasteiger partial charge in [-0.15, -0.1) is 21.5 Å². The lowest BCUT2D eigenvalue weighted by molar-refractivity contribution is 0.466. The summed E-state index contributed by atoms with van der Waals surface area (Å²) < 4.78 is 6.31. The van der Waals surface area contributed by atoms with Crippen LogP contribution in [-0.2, 0) is 5.75 Å². The van der Waals surface area contributed by atoms with Gasteiger partial charge in [-0.3, -0.25) is 0 Å². The zero-order valence-corrected chi connectivity index (χ0v) is 12.1. The van der Waals surface area contributed by atoms with Crippen LogP contribution in [0.1, 0.15) is 5.56 Å². The molecule has 0 radical (unpaired) electrons. The summed E-state index contributed by atoms with van der Waals surface area (Å²) in [4.78, 5) is 0.893. The molecule has 2 aromatic heterocycles.